The maximum absolute atomic E-state index is 12.0. The zero-order valence-corrected chi connectivity index (χ0v) is 11.8. The van der Waals surface area contributed by atoms with Crippen molar-refractivity contribution in [1.82, 2.24) is 5.43 Å². The molecule has 5 heteroatoms. The Hall–Kier alpha value is -1.06. The summed E-state index contributed by atoms with van der Waals surface area (Å²) >= 11 is 11.8. The van der Waals surface area contributed by atoms with Crippen LogP contribution in [-0.4, -0.2) is 11.6 Å². The zero-order valence-electron chi connectivity index (χ0n) is 10.3. The molecule has 1 N–H and O–H groups in total. The summed E-state index contributed by atoms with van der Waals surface area (Å²) in [5.41, 5.74) is 4.14. The van der Waals surface area contributed by atoms with Gasteiger partial charge in [0, 0.05) is 10.7 Å². The lowest BCUT2D eigenvalue weighted by Crippen LogP contribution is -2.22. The Morgan fingerprint density at radius 3 is 2.79 bits per heavy atom. The Bertz CT molecular complexity index is 556. The van der Waals surface area contributed by atoms with E-state index < -0.39 is 0 Å². The van der Waals surface area contributed by atoms with Crippen LogP contribution in [0.3, 0.4) is 0 Å². The number of rotatable bonds is 2. The first kappa shape index (κ1) is 12.9. The minimum absolute atomic E-state index is 0.281. The summed E-state index contributed by atoms with van der Waals surface area (Å²) in [7, 11) is 0. The Morgan fingerprint density at radius 2 is 2.16 bits per heavy atom. The van der Waals surface area contributed by atoms with Crippen LogP contribution in [0, 0.1) is 11.8 Å². The average molecular weight is 297 g/mol. The van der Waals surface area contributed by atoms with Crippen LogP contribution in [0.25, 0.3) is 0 Å². The summed E-state index contributed by atoms with van der Waals surface area (Å²) in [6.45, 7) is 0. The van der Waals surface area contributed by atoms with Gasteiger partial charge in [-0.25, -0.2) is 5.43 Å². The Labute approximate surface area is 122 Å². The third-order valence-corrected chi connectivity index (χ3v) is 4.53. The minimum Gasteiger partial charge on any atom is -0.267 e. The van der Waals surface area contributed by atoms with Crippen LogP contribution in [0.4, 0.5) is 0 Å². The van der Waals surface area contributed by atoms with E-state index in [1.807, 2.05) is 0 Å². The molecular formula is C14H14Cl2N2O. The van der Waals surface area contributed by atoms with Gasteiger partial charge in [0.2, 0.25) is 0 Å². The standard InChI is InChI=1S/C14H14Cl2N2O/c15-10-3-4-11(12(16)7-10)14(19)18-17-13-6-8-1-2-9(13)5-8/h3-4,7-9H,1-2,5-6H2,(H,18,19)/t8-,9-/m0/s1. The molecule has 2 fully saturated rings. The predicted octanol–water partition coefficient (Wildman–Crippen LogP) is 3.90. The second-order valence-corrected chi connectivity index (χ2v) is 6.09. The highest BCUT2D eigenvalue weighted by atomic mass is 35.5. The van der Waals surface area contributed by atoms with Crippen molar-refractivity contribution < 1.29 is 4.79 Å². The van der Waals surface area contributed by atoms with E-state index in [2.05, 4.69) is 10.5 Å². The van der Waals surface area contributed by atoms with Gasteiger partial charge in [0.1, 0.15) is 0 Å². The van der Waals surface area contributed by atoms with Crippen molar-refractivity contribution >= 4 is 34.8 Å². The number of amides is 1. The maximum Gasteiger partial charge on any atom is 0.272 e. The third-order valence-electron chi connectivity index (χ3n) is 3.99. The molecule has 0 unspecified atom stereocenters. The van der Waals surface area contributed by atoms with Crippen molar-refractivity contribution in [2.24, 2.45) is 16.9 Å². The first-order valence-electron chi connectivity index (χ1n) is 6.45. The van der Waals surface area contributed by atoms with Gasteiger partial charge in [-0.1, -0.05) is 23.2 Å². The van der Waals surface area contributed by atoms with Crippen molar-refractivity contribution in [3.8, 4) is 0 Å². The van der Waals surface area contributed by atoms with Crippen LogP contribution in [0.1, 0.15) is 36.0 Å². The molecule has 2 aliphatic carbocycles. The fourth-order valence-electron chi connectivity index (χ4n) is 3.02. The van der Waals surface area contributed by atoms with Crippen LogP contribution >= 0.6 is 23.2 Å². The number of hydrogen-bond donors (Lipinski definition) is 1. The molecule has 2 bridgehead atoms. The third kappa shape index (κ3) is 2.63. The van der Waals surface area contributed by atoms with Gasteiger partial charge in [-0.15, -0.1) is 0 Å². The normalized spacial score (nSPS) is 26.9. The monoisotopic (exact) mass is 296 g/mol. The van der Waals surface area contributed by atoms with Gasteiger partial charge in [0.15, 0.2) is 0 Å². The molecule has 0 radical (unpaired) electrons. The second-order valence-electron chi connectivity index (χ2n) is 5.25. The molecule has 100 valence electrons. The molecule has 1 amide bonds. The molecule has 0 heterocycles. The fourth-order valence-corrected chi connectivity index (χ4v) is 3.51. The molecule has 0 aliphatic heterocycles. The van der Waals surface area contributed by atoms with Crippen LogP contribution < -0.4 is 5.43 Å². The lowest BCUT2D eigenvalue weighted by molar-refractivity contribution is 0.0954. The molecule has 0 spiro atoms. The van der Waals surface area contributed by atoms with Crippen molar-refractivity contribution in [2.75, 3.05) is 0 Å². The number of carbonyl (C=O) groups excluding carboxylic acids is 1. The molecule has 2 aliphatic rings. The van der Waals surface area contributed by atoms with Crippen molar-refractivity contribution in [2.45, 2.75) is 25.7 Å². The van der Waals surface area contributed by atoms with Gasteiger partial charge in [-0.2, -0.15) is 5.10 Å². The topological polar surface area (TPSA) is 41.5 Å². The number of fused-ring (bicyclic) bond motifs is 2. The molecular weight excluding hydrogens is 283 g/mol. The summed E-state index contributed by atoms with van der Waals surface area (Å²) in [5, 5.41) is 5.13. The fraction of sp³-hybridized carbons (Fsp3) is 0.429. The average Bonchev–Trinajstić information content (AvgIpc) is 2.98. The second kappa shape index (κ2) is 5.14. The Kier molecular flexibility index (Phi) is 3.50. The number of nitrogens with zero attached hydrogens (tertiary/aromatic N) is 1. The molecule has 1 aromatic carbocycles. The summed E-state index contributed by atoms with van der Waals surface area (Å²) in [6.07, 6.45) is 4.78. The zero-order chi connectivity index (χ0) is 13.4. The quantitative estimate of drug-likeness (QED) is 0.826. The molecule has 2 saturated carbocycles. The largest absolute Gasteiger partial charge is 0.272 e. The summed E-state index contributed by atoms with van der Waals surface area (Å²) in [4.78, 5) is 12.0. The lowest BCUT2D eigenvalue weighted by Gasteiger charge is -2.11. The van der Waals surface area contributed by atoms with Crippen LogP contribution in [-0.2, 0) is 0 Å². The van der Waals surface area contributed by atoms with E-state index >= 15 is 0 Å². The highest BCUT2D eigenvalue weighted by Gasteiger charge is 2.36. The SMILES string of the molecule is O=C(NN=C1C[C@H]2CC[C@H]1C2)c1ccc(Cl)cc1Cl. The van der Waals surface area contributed by atoms with E-state index in [-0.39, 0.29) is 5.91 Å². The molecule has 2 atom stereocenters. The van der Waals surface area contributed by atoms with Gasteiger partial charge in [-0.3, -0.25) is 4.79 Å². The minimum atomic E-state index is -0.281. The highest BCUT2D eigenvalue weighted by Crippen LogP contribution is 2.42. The van der Waals surface area contributed by atoms with E-state index in [4.69, 9.17) is 23.2 Å². The Morgan fingerprint density at radius 1 is 1.32 bits per heavy atom. The van der Waals surface area contributed by atoms with Gasteiger partial charge in [0.05, 0.1) is 10.6 Å². The highest BCUT2D eigenvalue weighted by molar-refractivity contribution is 6.36. The number of hydrogen-bond acceptors (Lipinski definition) is 2. The van der Waals surface area contributed by atoms with E-state index in [1.54, 1.807) is 18.2 Å². The number of halogens is 2. The summed E-state index contributed by atoms with van der Waals surface area (Å²) in [6, 6.07) is 4.82. The van der Waals surface area contributed by atoms with Crippen molar-refractivity contribution in [3.63, 3.8) is 0 Å². The number of nitrogens with one attached hydrogen (secondary N) is 1. The molecule has 3 rings (SSSR count). The van der Waals surface area contributed by atoms with E-state index in [9.17, 15) is 4.79 Å². The van der Waals surface area contributed by atoms with Gasteiger partial charge < -0.3 is 0 Å². The maximum atomic E-state index is 12.0. The van der Waals surface area contributed by atoms with E-state index in [0.717, 1.165) is 18.1 Å². The van der Waals surface area contributed by atoms with Crippen LogP contribution in [0.15, 0.2) is 23.3 Å². The smallest absolute Gasteiger partial charge is 0.267 e. The number of benzene rings is 1. The van der Waals surface area contributed by atoms with Crippen LogP contribution in [0.2, 0.25) is 10.0 Å². The van der Waals surface area contributed by atoms with Crippen molar-refractivity contribution in [1.29, 1.82) is 0 Å². The number of hydrazone groups is 1. The molecule has 1 aromatic rings. The predicted molar refractivity (Wildman–Crippen MR) is 76.8 cm³/mol. The van der Waals surface area contributed by atoms with E-state index in [0.29, 0.717) is 21.5 Å². The van der Waals surface area contributed by atoms with E-state index in [1.165, 1.54) is 19.3 Å². The molecule has 19 heavy (non-hydrogen) atoms. The first-order chi connectivity index (χ1) is 9.13. The molecule has 0 saturated heterocycles. The molecule has 3 nitrogen and oxygen atoms in total. The summed E-state index contributed by atoms with van der Waals surface area (Å²) < 4.78 is 0. The number of carbonyl (C=O) groups is 1. The van der Waals surface area contributed by atoms with Gasteiger partial charge in [-0.05, 0) is 55.7 Å². The van der Waals surface area contributed by atoms with Crippen LogP contribution in [0.5, 0.6) is 0 Å². The molecule has 0 aromatic heterocycles. The first-order valence-corrected chi connectivity index (χ1v) is 7.21. The summed E-state index contributed by atoms with van der Waals surface area (Å²) in [5.74, 6) is 1.07. The lowest BCUT2D eigenvalue weighted by atomic mass is 9.99. The van der Waals surface area contributed by atoms with Gasteiger partial charge in [0.25, 0.3) is 5.91 Å². The van der Waals surface area contributed by atoms with Gasteiger partial charge >= 0.3 is 0 Å². The Balaban J connectivity index is 1.70. The van der Waals surface area contributed by atoms with Crippen molar-refractivity contribution in [3.05, 3.63) is 33.8 Å².